The minimum Gasteiger partial charge on any atom is -0.475 e. The molecule has 4 heterocycles. The molecule has 1 unspecified atom stereocenters. The van der Waals surface area contributed by atoms with Gasteiger partial charge in [0, 0.05) is 50.2 Å². The van der Waals surface area contributed by atoms with Crippen LogP contribution in [0.5, 0.6) is 0 Å². The van der Waals surface area contributed by atoms with Gasteiger partial charge in [0.15, 0.2) is 0 Å². The zero-order valence-electron chi connectivity index (χ0n) is 20.7. The number of carboxylic acids is 2. The zero-order valence-corrected chi connectivity index (χ0v) is 20.7. The maximum atomic E-state index is 10.6. The third-order valence-electron chi connectivity index (χ3n) is 5.77. The number of anilines is 1. The summed E-state index contributed by atoms with van der Waals surface area (Å²) >= 11 is 0. The Morgan fingerprint density at radius 1 is 0.949 bits per heavy atom. The highest BCUT2D eigenvalue weighted by Gasteiger charge is 2.40. The molecule has 2 fully saturated rings. The first-order chi connectivity index (χ1) is 18.2. The second-order valence-electron chi connectivity index (χ2n) is 8.94. The van der Waals surface area contributed by atoms with Crippen LogP contribution in [0.1, 0.15) is 18.4 Å². The van der Waals surface area contributed by atoms with Crippen LogP contribution in [0.4, 0.5) is 32.2 Å². The molecule has 2 saturated heterocycles. The first-order valence-electron chi connectivity index (χ1n) is 11.7. The molecule has 0 aromatic carbocycles. The van der Waals surface area contributed by atoms with Crippen LogP contribution in [0.2, 0.25) is 0 Å². The molecule has 1 spiro atoms. The van der Waals surface area contributed by atoms with Crippen molar-refractivity contribution in [1.29, 1.82) is 0 Å². The number of hydrogen-bond acceptors (Lipinski definition) is 7. The van der Waals surface area contributed by atoms with Crippen molar-refractivity contribution < 1.29 is 50.9 Å². The smallest absolute Gasteiger partial charge is 0.475 e. The van der Waals surface area contributed by atoms with Crippen molar-refractivity contribution in [3.63, 3.8) is 0 Å². The Morgan fingerprint density at radius 2 is 1.62 bits per heavy atom. The summed E-state index contributed by atoms with van der Waals surface area (Å²) in [4.78, 5) is 31.6. The molecule has 15 heteroatoms. The molecular formula is C24H28F6N4O5. The highest BCUT2D eigenvalue weighted by molar-refractivity contribution is 5.73. The molecule has 216 valence electrons. The van der Waals surface area contributed by atoms with E-state index in [2.05, 4.69) is 38.0 Å². The number of likely N-dealkylation sites (tertiary alicyclic amines) is 1. The molecule has 1 atom stereocenters. The number of rotatable bonds is 3. The fourth-order valence-corrected chi connectivity index (χ4v) is 4.17. The Hall–Kier alpha value is -3.46. The SMILES string of the molecule is O=C(O)C(F)(F)F.O=C(O)C(F)(F)F.c1ccc(N2CCOCC3(CCCN(Cc4cccnc4)C3)C2)nc1. The summed E-state index contributed by atoms with van der Waals surface area (Å²) in [5, 5.41) is 14.2. The molecule has 39 heavy (non-hydrogen) atoms. The normalized spacial score (nSPS) is 20.1. The minimum atomic E-state index is -5.08. The number of carbonyl (C=O) groups is 2. The Bertz CT molecular complexity index is 1020. The van der Waals surface area contributed by atoms with Crippen LogP contribution in [0.3, 0.4) is 0 Å². The van der Waals surface area contributed by atoms with Gasteiger partial charge in [-0.2, -0.15) is 26.3 Å². The van der Waals surface area contributed by atoms with Crippen molar-refractivity contribution in [3.8, 4) is 0 Å². The first kappa shape index (κ1) is 31.8. The van der Waals surface area contributed by atoms with E-state index in [9.17, 15) is 26.3 Å². The van der Waals surface area contributed by atoms with Crippen LogP contribution in [0, 0.1) is 5.41 Å². The lowest BCUT2D eigenvalue weighted by molar-refractivity contribution is -0.193. The maximum Gasteiger partial charge on any atom is 0.490 e. The summed E-state index contributed by atoms with van der Waals surface area (Å²) in [6, 6.07) is 10.3. The van der Waals surface area contributed by atoms with E-state index in [4.69, 9.17) is 24.5 Å². The van der Waals surface area contributed by atoms with Gasteiger partial charge in [-0.15, -0.1) is 0 Å². The maximum absolute atomic E-state index is 10.6. The lowest BCUT2D eigenvalue weighted by Gasteiger charge is -2.43. The second-order valence-corrected chi connectivity index (χ2v) is 8.94. The Balaban J connectivity index is 0.000000317. The molecule has 4 rings (SSSR count). The van der Waals surface area contributed by atoms with Gasteiger partial charge < -0.3 is 19.8 Å². The molecule has 0 saturated carbocycles. The molecule has 2 aliphatic heterocycles. The van der Waals surface area contributed by atoms with Gasteiger partial charge in [-0.3, -0.25) is 9.88 Å². The van der Waals surface area contributed by atoms with Crippen molar-refractivity contribution in [2.75, 3.05) is 44.3 Å². The lowest BCUT2D eigenvalue weighted by atomic mass is 9.80. The van der Waals surface area contributed by atoms with E-state index >= 15 is 0 Å². The summed E-state index contributed by atoms with van der Waals surface area (Å²) in [5.74, 6) is -4.45. The van der Waals surface area contributed by atoms with Crippen LogP contribution in [-0.2, 0) is 20.9 Å². The average molecular weight is 566 g/mol. The van der Waals surface area contributed by atoms with Gasteiger partial charge in [-0.1, -0.05) is 12.1 Å². The number of halogens is 6. The summed E-state index contributed by atoms with van der Waals surface area (Å²) in [6.07, 6.45) is -2.03. The highest BCUT2D eigenvalue weighted by Crippen LogP contribution is 2.34. The predicted molar refractivity (Wildman–Crippen MR) is 126 cm³/mol. The van der Waals surface area contributed by atoms with Gasteiger partial charge in [0.1, 0.15) is 5.82 Å². The van der Waals surface area contributed by atoms with E-state index in [1.165, 1.54) is 18.4 Å². The quantitative estimate of drug-likeness (QED) is 0.535. The van der Waals surface area contributed by atoms with Gasteiger partial charge in [0.25, 0.3) is 0 Å². The molecule has 2 N–H and O–H groups in total. The van der Waals surface area contributed by atoms with E-state index in [1.807, 2.05) is 30.7 Å². The second kappa shape index (κ2) is 14.1. The van der Waals surface area contributed by atoms with Crippen LogP contribution in [0.25, 0.3) is 0 Å². The average Bonchev–Trinajstić information content (AvgIpc) is 3.07. The number of pyridine rings is 2. The van der Waals surface area contributed by atoms with E-state index < -0.39 is 24.3 Å². The topological polar surface area (TPSA) is 116 Å². The van der Waals surface area contributed by atoms with E-state index in [1.54, 1.807) is 0 Å². The number of aromatic nitrogens is 2. The number of hydrogen-bond donors (Lipinski definition) is 2. The summed E-state index contributed by atoms with van der Waals surface area (Å²) in [7, 11) is 0. The van der Waals surface area contributed by atoms with Gasteiger partial charge in [0.05, 0.1) is 13.2 Å². The third kappa shape index (κ3) is 11.0. The number of nitrogens with zero attached hydrogens (tertiary/aromatic N) is 4. The predicted octanol–water partition coefficient (Wildman–Crippen LogP) is 3.86. The Kier molecular flexibility index (Phi) is 11.5. The minimum absolute atomic E-state index is 0.189. The summed E-state index contributed by atoms with van der Waals surface area (Å²) in [5.41, 5.74) is 1.48. The van der Waals surface area contributed by atoms with Crippen molar-refractivity contribution in [2.45, 2.75) is 31.7 Å². The Labute approximate surface area is 220 Å². The number of carboxylic acid groups (broad SMARTS) is 2. The number of aliphatic carboxylic acids is 2. The molecule has 0 bridgehead atoms. The monoisotopic (exact) mass is 566 g/mol. The molecular weight excluding hydrogens is 538 g/mol. The van der Waals surface area contributed by atoms with Crippen LogP contribution >= 0.6 is 0 Å². The van der Waals surface area contributed by atoms with Crippen LogP contribution in [-0.4, -0.2) is 88.8 Å². The van der Waals surface area contributed by atoms with E-state index in [-0.39, 0.29) is 5.41 Å². The van der Waals surface area contributed by atoms with Crippen molar-refractivity contribution in [2.24, 2.45) is 5.41 Å². The standard InChI is InChI=1S/C20H26N4O.2C2HF3O2/c1-2-9-22-19(6-1)24-11-12-25-17-20(16-24)7-4-10-23(15-20)14-18-5-3-8-21-13-18;2*3-2(4,5)1(6)7/h1-3,5-6,8-9,13H,4,7,10-12,14-17H2;2*(H,6,7). The van der Waals surface area contributed by atoms with Crippen LogP contribution < -0.4 is 4.90 Å². The fourth-order valence-electron chi connectivity index (χ4n) is 4.17. The van der Waals surface area contributed by atoms with Gasteiger partial charge in [-0.05, 0) is 43.1 Å². The molecule has 9 nitrogen and oxygen atoms in total. The van der Waals surface area contributed by atoms with Crippen molar-refractivity contribution >= 4 is 17.8 Å². The lowest BCUT2D eigenvalue weighted by Crippen LogP contribution is -2.50. The number of ether oxygens (including phenoxy) is 1. The van der Waals surface area contributed by atoms with Crippen LogP contribution in [0.15, 0.2) is 48.9 Å². The molecule has 2 aliphatic rings. The third-order valence-corrected chi connectivity index (χ3v) is 5.77. The largest absolute Gasteiger partial charge is 0.490 e. The molecule has 0 amide bonds. The molecule has 2 aromatic heterocycles. The van der Waals surface area contributed by atoms with Gasteiger partial charge in [-0.25, -0.2) is 14.6 Å². The van der Waals surface area contributed by atoms with Crippen molar-refractivity contribution in [1.82, 2.24) is 14.9 Å². The molecule has 0 aliphatic carbocycles. The zero-order chi connectivity index (χ0) is 29.1. The number of alkyl halides is 6. The summed E-state index contributed by atoms with van der Waals surface area (Å²) < 4.78 is 69.5. The fraction of sp³-hybridized carbons (Fsp3) is 0.500. The highest BCUT2D eigenvalue weighted by atomic mass is 19.4. The summed E-state index contributed by atoms with van der Waals surface area (Å²) in [6.45, 7) is 6.76. The van der Waals surface area contributed by atoms with Gasteiger partial charge in [0.2, 0.25) is 0 Å². The number of piperidine rings is 1. The van der Waals surface area contributed by atoms with Crippen molar-refractivity contribution in [3.05, 3.63) is 54.5 Å². The molecule has 2 aromatic rings. The first-order valence-corrected chi connectivity index (χ1v) is 11.7. The van der Waals surface area contributed by atoms with E-state index in [0.717, 1.165) is 51.8 Å². The van der Waals surface area contributed by atoms with E-state index in [0.29, 0.717) is 0 Å². The Morgan fingerprint density at radius 3 is 2.15 bits per heavy atom. The molecule has 0 radical (unpaired) electrons. The van der Waals surface area contributed by atoms with Gasteiger partial charge >= 0.3 is 24.3 Å².